The van der Waals surface area contributed by atoms with Crippen molar-refractivity contribution in [3.8, 4) is 11.6 Å². The van der Waals surface area contributed by atoms with E-state index in [0.29, 0.717) is 6.04 Å². The fraction of sp³-hybridized carbons (Fsp3) is 0.333. The molecule has 0 amide bonds. The second kappa shape index (κ2) is 5.21. The molecule has 0 aliphatic carbocycles. The summed E-state index contributed by atoms with van der Waals surface area (Å²) < 4.78 is 8.00. The fourth-order valence-corrected chi connectivity index (χ4v) is 3.54. The molecule has 0 bridgehead atoms. The lowest BCUT2D eigenvalue weighted by molar-refractivity contribution is 0.215. The number of benzene rings is 1. The number of nitrogens with zero attached hydrogens (tertiary/aromatic N) is 4. The van der Waals surface area contributed by atoms with E-state index in [1.165, 1.54) is 0 Å². The molecule has 4 heterocycles. The number of rotatable bonds is 2. The average molecular weight is 321 g/mol. The Kier molecular flexibility index (Phi) is 2.99. The lowest BCUT2D eigenvalue weighted by atomic mass is 10.1. The van der Waals surface area contributed by atoms with Crippen molar-refractivity contribution in [2.45, 2.75) is 18.9 Å². The lowest BCUT2D eigenvalue weighted by Gasteiger charge is -2.28. The van der Waals surface area contributed by atoms with Gasteiger partial charge in [0.15, 0.2) is 17.2 Å². The van der Waals surface area contributed by atoms with Crippen molar-refractivity contribution in [2.75, 3.05) is 20.1 Å². The molecular weight excluding hydrogens is 302 g/mol. The minimum atomic E-state index is 0.422. The lowest BCUT2D eigenvalue weighted by Crippen LogP contribution is -2.31. The second-order valence-corrected chi connectivity index (χ2v) is 6.59. The van der Waals surface area contributed by atoms with Gasteiger partial charge < -0.3 is 14.3 Å². The van der Waals surface area contributed by atoms with Gasteiger partial charge in [-0.25, -0.2) is 9.67 Å². The number of piperidine rings is 1. The van der Waals surface area contributed by atoms with Crippen LogP contribution in [0.25, 0.3) is 33.7 Å². The summed E-state index contributed by atoms with van der Waals surface area (Å²) in [6, 6.07) is 10.5. The molecule has 6 heteroatoms. The molecule has 6 nitrogen and oxygen atoms in total. The molecule has 5 rings (SSSR count). The summed E-state index contributed by atoms with van der Waals surface area (Å²) in [6.45, 7) is 2.21. The molecule has 3 aromatic heterocycles. The molecule has 0 saturated carbocycles. The number of hydrogen-bond donors (Lipinski definition) is 1. The third kappa shape index (κ3) is 2.14. The number of nitrogens with one attached hydrogen (secondary N) is 1. The predicted octanol–water partition coefficient (Wildman–Crippen LogP) is 3.44. The molecule has 4 aromatic rings. The highest BCUT2D eigenvalue weighted by Gasteiger charge is 2.22. The van der Waals surface area contributed by atoms with E-state index in [-0.39, 0.29) is 0 Å². The van der Waals surface area contributed by atoms with Gasteiger partial charge in [0, 0.05) is 5.39 Å². The first kappa shape index (κ1) is 13.8. The van der Waals surface area contributed by atoms with Crippen LogP contribution in [0.5, 0.6) is 0 Å². The zero-order valence-corrected chi connectivity index (χ0v) is 13.6. The average Bonchev–Trinajstić information content (AvgIpc) is 3.28. The largest absolute Gasteiger partial charge is 0.453 e. The van der Waals surface area contributed by atoms with Gasteiger partial charge in [-0.3, -0.25) is 0 Å². The quantitative estimate of drug-likeness (QED) is 0.614. The van der Waals surface area contributed by atoms with Crippen LogP contribution in [0.15, 0.2) is 40.9 Å². The van der Waals surface area contributed by atoms with E-state index in [1.807, 2.05) is 36.5 Å². The Morgan fingerprint density at radius 2 is 2.04 bits per heavy atom. The fourth-order valence-electron chi connectivity index (χ4n) is 3.54. The van der Waals surface area contributed by atoms with Crippen LogP contribution in [0.1, 0.15) is 18.9 Å². The van der Waals surface area contributed by atoms with Crippen LogP contribution in [-0.2, 0) is 0 Å². The first-order valence-corrected chi connectivity index (χ1v) is 8.39. The number of fused-ring (bicyclic) bond motifs is 2. The first-order chi connectivity index (χ1) is 11.8. The summed E-state index contributed by atoms with van der Waals surface area (Å²) >= 11 is 0. The Hall–Kier alpha value is -2.60. The van der Waals surface area contributed by atoms with Crippen molar-refractivity contribution in [3.05, 3.63) is 36.5 Å². The molecule has 1 fully saturated rings. The Morgan fingerprint density at radius 1 is 1.21 bits per heavy atom. The van der Waals surface area contributed by atoms with Crippen molar-refractivity contribution in [2.24, 2.45) is 0 Å². The Labute approximate surface area is 139 Å². The van der Waals surface area contributed by atoms with E-state index in [4.69, 9.17) is 9.40 Å². The molecular formula is C18H19N5O. The number of hydrogen-bond acceptors (Lipinski definition) is 4. The van der Waals surface area contributed by atoms with Crippen LogP contribution in [0, 0.1) is 0 Å². The maximum Gasteiger partial charge on any atom is 0.177 e. The van der Waals surface area contributed by atoms with Crippen LogP contribution in [0.3, 0.4) is 0 Å². The van der Waals surface area contributed by atoms with Gasteiger partial charge in [-0.2, -0.15) is 5.10 Å². The molecule has 24 heavy (non-hydrogen) atoms. The highest BCUT2D eigenvalue weighted by atomic mass is 16.3. The molecule has 122 valence electrons. The Bertz CT molecular complexity index is 970. The summed E-state index contributed by atoms with van der Waals surface area (Å²) in [5.74, 6) is 1.53. The van der Waals surface area contributed by atoms with Crippen LogP contribution in [0.2, 0.25) is 0 Å². The van der Waals surface area contributed by atoms with Crippen LogP contribution < -0.4 is 0 Å². The Balaban J connectivity index is 1.54. The number of aromatic nitrogens is 4. The van der Waals surface area contributed by atoms with Gasteiger partial charge in [0.25, 0.3) is 0 Å². The summed E-state index contributed by atoms with van der Waals surface area (Å²) in [5, 5.41) is 5.64. The van der Waals surface area contributed by atoms with Gasteiger partial charge in [0.05, 0.1) is 12.2 Å². The molecule has 0 spiro atoms. The SMILES string of the molecule is CN1CCC(n2ncc3[nH]c(-c4cc5ccccc5o4)nc32)CC1. The highest BCUT2D eigenvalue weighted by Crippen LogP contribution is 2.29. The Morgan fingerprint density at radius 3 is 2.88 bits per heavy atom. The number of furan rings is 1. The zero-order chi connectivity index (χ0) is 16.1. The van der Waals surface area contributed by atoms with Crippen molar-refractivity contribution in [3.63, 3.8) is 0 Å². The third-order valence-electron chi connectivity index (χ3n) is 4.93. The summed E-state index contributed by atoms with van der Waals surface area (Å²) in [4.78, 5) is 10.5. The van der Waals surface area contributed by atoms with Crippen LogP contribution in [-0.4, -0.2) is 44.8 Å². The molecule has 0 unspecified atom stereocenters. The minimum absolute atomic E-state index is 0.422. The number of imidazole rings is 1. The summed E-state index contributed by atoms with van der Waals surface area (Å²) in [5.41, 5.74) is 2.76. The number of aromatic amines is 1. The molecule has 1 aliphatic rings. The maximum absolute atomic E-state index is 5.92. The molecule has 0 atom stereocenters. The zero-order valence-electron chi connectivity index (χ0n) is 13.6. The molecule has 0 radical (unpaired) electrons. The molecule has 1 saturated heterocycles. The van der Waals surface area contributed by atoms with Crippen molar-refractivity contribution in [1.29, 1.82) is 0 Å². The molecule has 1 aliphatic heterocycles. The van der Waals surface area contributed by atoms with Gasteiger partial charge in [-0.15, -0.1) is 0 Å². The van der Waals surface area contributed by atoms with E-state index in [2.05, 4.69) is 26.7 Å². The summed E-state index contributed by atoms with van der Waals surface area (Å²) in [6.07, 6.45) is 4.09. The first-order valence-electron chi connectivity index (χ1n) is 8.39. The number of para-hydroxylation sites is 1. The van der Waals surface area contributed by atoms with Crippen LogP contribution in [0.4, 0.5) is 0 Å². The monoisotopic (exact) mass is 321 g/mol. The standard InChI is InChI=1S/C18H19N5O/c1-22-8-6-13(7-9-22)23-18-14(11-19-23)20-17(21-18)16-10-12-4-2-3-5-15(12)24-16/h2-5,10-11,13H,6-9H2,1H3,(H,20,21). The van der Waals surface area contributed by atoms with E-state index in [9.17, 15) is 0 Å². The van der Waals surface area contributed by atoms with E-state index in [0.717, 1.165) is 59.6 Å². The summed E-state index contributed by atoms with van der Waals surface area (Å²) in [7, 11) is 2.17. The van der Waals surface area contributed by atoms with Gasteiger partial charge in [0.1, 0.15) is 11.1 Å². The van der Waals surface area contributed by atoms with E-state index < -0.39 is 0 Å². The third-order valence-corrected chi connectivity index (χ3v) is 4.93. The van der Waals surface area contributed by atoms with Gasteiger partial charge in [0.2, 0.25) is 0 Å². The predicted molar refractivity (Wildman–Crippen MR) is 92.9 cm³/mol. The smallest absolute Gasteiger partial charge is 0.177 e. The topological polar surface area (TPSA) is 62.9 Å². The van der Waals surface area contributed by atoms with Crippen molar-refractivity contribution >= 4 is 22.1 Å². The van der Waals surface area contributed by atoms with E-state index >= 15 is 0 Å². The highest BCUT2D eigenvalue weighted by molar-refractivity contribution is 5.83. The normalized spacial score (nSPS) is 17.2. The minimum Gasteiger partial charge on any atom is -0.453 e. The van der Waals surface area contributed by atoms with Crippen molar-refractivity contribution in [1.82, 2.24) is 24.6 Å². The molecule has 1 aromatic carbocycles. The maximum atomic E-state index is 5.92. The second-order valence-electron chi connectivity index (χ2n) is 6.59. The number of likely N-dealkylation sites (tertiary alicyclic amines) is 1. The van der Waals surface area contributed by atoms with Crippen LogP contribution >= 0.6 is 0 Å². The van der Waals surface area contributed by atoms with Crippen molar-refractivity contribution < 1.29 is 4.42 Å². The van der Waals surface area contributed by atoms with Gasteiger partial charge in [-0.1, -0.05) is 18.2 Å². The molecule has 1 N–H and O–H groups in total. The van der Waals surface area contributed by atoms with E-state index in [1.54, 1.807) is 0 Å². The number of H-pyrrole nitrogens is 1. The van der Waals surface area contributed by atoms with Gasteiger partial charge in [-0.05, 0) is 45.1 Å². The van der Waals surface area contributed by atoms with Gasteiger partial charge >= 0.3 is 0 Å².